The summed E-state index contributed by atoms with van der Waals surface area (Å²) in [5.41, 5.74) is -4.21. The molecule has 0 radical (unpaired) electrons. The third kappa shape index (κ3) is 3.91. The quantitative estimate of drug-likeness (QED) is 0.566. The number of aromatic nitrogens is 2. The molecular formula is C26H33F4N3O2. The number of carbonyl (C=O) groups excluding carboxylic acids is 1. The maximum absolute atomic E-state index is 16.5. The number of nitriles is 1. The standard InChI is InChI=1S/C26H33F4N3O2/c1-23(35)9-10-25(27)15(11-23)3-4-16-17-5-6-19(24(17,2)8-7-18(16)25)22(34)14-33-13-20(26(28,29)30)21(12-31)32-33/h13,15-19,35H,3-11,14H2,1-2H3/t15-,16+,17+,18+,19-,23-,24+,25-/m1/s1. The van der Waals surface area contributed by atoms with Gasteiger partial charge in [-0.3, -0.25) is 9.48 Å². The number of hydrogen-bond acceptors (Lipinski definition) is 4. The number of nitrogens with zero attached hydrogens (tertiary/aromatic N) is 3. The maximum atomic E-state index is 16.5. The Hall–Kier alpha value is -1.95. The smallest absolute Gasteiger partial charge is 0.390 e. The highest BCUT2D eigenvalue weighted by Crippen LogP contribution is 2.66. The first-order valence-electron chi connectivity index (χ1n) is 12.8. The number of fused-ring (bicyclic) bond motifs is 5. The fourth-order valence-corrected chi connectivity index (χ4v) is 8.57. The fraction of sp³-hybridized carbons (Fsp3) is 0.808. The van der Waals surface area contributed by atoms with Crippen LogP contribution < -0.4 is 0 Å². The zero-order chi connectivity index (χ0) is 25.4. The van der Waals surface area contributed by atoms with Crippen molar-refractivity contribution in [3.8, 4) is 6.07 Å². The number of Topliss-reactive ketones (excluding diaryl/α,β-unsaturated/α-hetero) is 1. The van der Waals surface area contributed by atoms with Crippen LogP contribution in [-0.2, 0) is 17.5 Å². The van der Waals surface area contributed by atoms with Crippen LogP contribution in [0.25, 0.3) is 0 Å². The van der Waals surface area contributed by atoms with Gasteiger partial charge >= 0.3 is 6.18 Å². The molecule has 0 saturated heterocycles. The van der Waals surface area contributed by atoms with E-state index >= 15 is 4.39 Å². The summed E-state index contributed by atoms with van der Waals surface area (Å²) in [6.07, 6.45) is 1.96. The first-order valence-corrected chi connectivity index (χ1v) is 12.8. The minimum Gasteiger partial charge on any atom is -0.390 e. The average molecular weight is 496 g/mol. The number of aliphatic hydroxyl groups is 1. The maximum Gasteiger partial charge on any atom is 0.420 e. The van der Waals surface area contributed by atoms with Gasteiger partial charge in [0, 0.05) is 12.1 Å². The highest BCUT2D eigenvalue weighted by molar-refractivity contribution is 5.82. The van der Waals surface area contributed by atoms with Crippen LogP contribution in [0.15, 0.2) is 6.20 Å². The fourth-order valence-electron chi connectivity index (χ4n) is 8.57. The lowest BCUT2D eigenvalue weighted by atomic mass is 9.48. The normalized spacial score (nSPS) is 43.1. The van der Waals surface area contributed by atoms with Crippen LogP contribution in [0.5, 0.6) is 0 Å². The Bertz CT molecular complexity index is 1060. The van der Waals surface area contributed by atoms with E-state index in [0.29, 0.717) is 32.1 Å². The largest absolute Gasteiger partial charge is 0.420 e. The molecule has 0 aromatic carbocycles. The molecule has 35 heavy (non-hydrogen) atoms. The molecule has 4 aliphatic rings. The van der Waals surface area contributed by atoms with Gasteiger partial charge in [-0.25, -0.2) is 4.39 Å². The van der Waals surface area contributed by atoms with Crippen molar-refractivity contribution in [2.24, 2.45) is 35.0 Å². The van der Waals surface area contributed by atoms with Gasteiger partial charge < -0.3 is 5.11 Å². The second-order valence-electron chi connectivity index (χ2n) is 12.1. The molecule has 9 heteroatoms. The van der Waals surface area contributed by atoms with Crippen molar-refractivity contribution in [2.75, 3.05) is 0 Å². The number of ketones is 1. The Morgan fingerprint density at radius 1 is 1.17 bits per heavy atom. The van der Waals surface area contributed by atoms with Crippen molar-refractivity contribution in [1.29, 1.82) is 5.26 Å². The second kappa shape index (κ2) is 8.03. The second-order valence-corrected chi connectivity index (χ2v) is 12.1. The molecule has 1 aromatic rings. The number of hydrogen-bond donors (Lipinski definition) is 1. The lowest BCUT2D eigenvalue weighted by Crippen LogP contribution is -2.58. The Balaban J connectivity index is 1.33. The van der Waals surface area contributed by atoms with Crippen LogP contribution in [0.3, 0.4) is 0 Å². The summed E-state index contributed by atoms with van der Waals surface area (Å²) >= 11 is 0. The van der Waals surface area contributed by atoms with Crippen LogP contribution in [0.4, 0.5) is 17.6 Å². The molecule has 1 aromatic heterocycles. The topological polar surface area (TPSA) is 78.9 Å². The van der Waals surface area contributed by atoms with Crippen molar-refractivity contribution >= 4 is 5.78 Å². The molecule has 1 N–H and O–H groups in total. The summed E-state index contributed by atoms with van der Waals surface area (Å²) in [6.45, 7) is 3.62. The van der Waals surface area contributed by atoms with Crippen molar-refractivity contribution in [2.45, 2.75) is 95.6 Å². The van der Waals surface area contributed by atoms with Crippen molar-refractivity contribution in [1.82, 2.24) is 9.78 Å². The van der Waals surface area contributed by atoms with Crippen LogP contribution in [0.1, 0.15) is 82.9 Å². The van der Waals surface area contributed by atoms with Gasteiger partial charge in [-0.05, 0) is 93.8 Å². The molecule has 0 unspecified atom stereocenters. The van der Waals surface area contributed by atoms with Crippen LogP contribution in [-0.4, -0.2) is 31.9 Å². The SMILES string of the molecule is C[C@@]1(O)CC[C@@]2(F)[C@H](CC[C@H]3[C@@H]4CC[C@H](C(=O)Cn5cc(C(F)(F)F)c(C#N)n5)[C@@]4(C)CC[C@@H]32)C1. The highest BCUT2D eigenvalue weighted by Gasteiger charge is 2.63. The number of alkyl halides is 4. The van der Waals surface area contributed by atoms with Crippen LogP contribution >= 0.6 is 0 Å². The minimum atomic E-state index is -4.71. The summed E-state index contributed by atoms with van der Waals surface area (Å²) in [4.78, 5) is 13.3. The summed E-state index contributed by atoms with van der Waals surface area (Å²) in [5.74, 6) is -0.230. The zero-order valence-corrected chi connectivity index (χ0v) is 20.2. The van der Waals surface area contributed by atoms with Crippen molar-refractivity contribution < 1.29 is 27.5 Å². The summed E-state index contributed by atoms with van der Waals surface area (Å²) in [6, 6.07) is 1.47. The lowest BCUT2D eigenvalue weighted by molar-refractivity contribution is -0.166. The molecule has 4 fully saturated rings. The van der Waals surface area contributed by atoms with E-state index in [-0.39, 0.29) is 47.3 Å². The Morgan fingerprint density at radius 2 is 1.91 bits per heavy atom. The molecule has 4 aliphatic carbocycles. The minimum absolute atomic E-state index is 0.0528. The molecular weight excluding hydrogens is 462 g/mol. The van der Waals surface area contributed by atoms with E-state index in [1.807, 2.05) is 0 Å². The Kier molecular flexibility index (Phi) is 5.67. The molecule has 5 nitrogen and oxygen atoms in total. The molecule has 192 valence electrons. The van der Waals surface area contributed by atoms with Gasteiger partial charge in [0.05, 0.1) is 12.1 Å². The van der Waals surface area contributed by atoms with Gasteiger partial charge in [0.1, 0.15) is 17.3 Å². The van der Waals surface area contributed by atoms with Crippen molar-refractivity contribution in [3.63, 3.8) is 0 Å². The van der Waals surface area contributed by atoms with E-state index in [9.17, 15) is 23.1 Å². The third-order valence-corrected chi connectivity index (χ3v) is 10.2. The predicted octanol–water partition coefficient (Wildman–Crippen LogP) is 5.45. The molecule has 8 atom stereocenters. The van der Waals surface area contributed by atoms with E-state index in [1.165, 1.54) is 6.07 Å². The molecule has 0 bridgehead atoms. The van der Waals surface area contributed by atoms with Gasteiger partial charge in [0.15, 0.2) is 11.5 Å². The summed E-state index contributed by atoms with van der Waals surface area (Å²) < 4.78 is 57.0. The monoisotopic (exact) mass is 495 g/mol. The van der Waals surface area contributed by atoms with E-state index in [2.05, 4.69) is 12.0 Å². The number of rotatable bonds is 3. The summed E-state index contributed by atoms with van der Waals surface area (Å²) in [7, 11) is 0. The predicted molar refractivity (Wildman–Crippen MR) is 119 cm³/mol. The highest BCUT2D eigenvalue weighted by atomic mass is 19.4. The van der Waals surface area contributed by atoms with E-state index < -0.39 is 28.7 Å². The van der Waals surface area contributed by atoms with Crippen LogP contribution in [0.2, 0.25) is 0 Å². The van der Waals surface area contributed by atoms with Gasteiger partial charge in [0.2, 0.25) is 0 Å². The van der Waals surface area contributed by atoms with Gasteiger partial charge in [0.25, 0.3) is 0 Å². The van der Waals surface area contributed by atoms with Crippen LogP contribution in [0, 0.1) is 46.3 Å². The van der Waals surface area contributed by atoms with E-state index in [0.717, 1.165) is 36.6 Å². The molecule has 0 aliphatic heterocycles. The van der Waals surface area contributed by atoms with E-state index in [4.69, 9.17) is 5.26 Å². The van der Waals surface area contributed by atoms with Gasteiger partial charge in [-0.2, -0.15) is 23.5 Å². The summed E-state index contributed by atoms with van der Waals surface area (Å²) in [5, 5.41) is 23.3. The van der Waals surface area contributed by atoms with Gasteiger partial charge in [-0.1, -0.05) is 6.92 Å². The Morgan fingerprint density at radius 3 is 2.57 bits per heavy atom. The number of carbonyl (C=O) groups is 1. The zero-order valence-electron chi connectivity index (χ0n) is 20.2. The molecule has 0 spiro atoms. The molecule has 4 saturated carbocycles. The first-order chi connectivity index (χ1) is 16.3. The van der Waals surface area contributed by atoms with Crippen molar-refractivity contribution in [3.05, 3.63) is 17.5 Å². The van der Waals surface area contributed by atoms with E-state index in [1.54, 1.807) is 6.92 Å². The molecule has 0 amide bonds. The molecule has 1 heterocycles. The first kappa shape index (κ1) is 24.7. The average Bonchev–Trinajstić information content (AvgIpc) is 3.34. The third-order valence-electron chi connectivity index (χ3n) is 10.2. The Labute approximate surface area is 202 Å². The van der Waals surface area contributed by atoms with Gasteiger partial charge in [-0.15, -0.1) is 0 Å². The number of halogens is 4. The lowest BCUT2D eigenvalue weighted by Gasteiger charge is -2.59. The molecule has 5 rings (SSSR count).